The van der Waals surface area contributed by atoms with Gasteiger partial charge in [-0.1, -0.05) is 13.8 Å². The maximum Gasteiger partial charge on any atom is 0.0424 e. The van der Waals surface area contributed by atoms with Gasteiger partial charge in [-0.2, -0.15) is 11.8 Å². The second-order valence-electron chi connectivity index (χ2n) is 6.49. The maximum atomic E-state index is 6.10. The Labute approximate surface area is 111 Å². The third kappa shape index (κ3) is 4.12. The van der Waals surface area contributed by atoms with Crippen molar-refractivity contribution in [2.75, 3.05) is 52.3 Å². The van der Waals surface area contributed by atoms with Gasteiger partial charge in [0.15, 0.2) is 0 Å². The van der Waals surface area contributed by atoms with E-state index in [9.17, 15) is 0 Å². The van der Waals surface area contributed by atoms with Crippen LogP contribution in [0.4, 0.5) is 0 Å². The van der Waals surface area contributed by atoms with Crippen LogP contribution in [0, 0.1) is 5.41 Å². The van der Waals surface area contributed by atoms with Gasteiger partial charge in [0.2, 0.25) is 0 Å². The summed E-state index contributed by atoms with van der Waals surface area (Å²) in [5.41, 5.74) is 6.71. The Morgan fingerprint density at radius 3 is 2.24 bits per heavy atom. The average Bonchev–Trinajstić information content (AvgIpc) is 2.24. The quantitative estimate of drug-likeness (QED) is 0.808. The summed E-state index contributed by atoms with van der Waals surface area (Å²) in [6.07, 6.45) is 1.22. The van der Waals surface area contributed by atoms with Crippen molar-refractivity contribution in [2.24, 2.45) is 11.1 Å². The lowest BCUT2D eigenvalue weighted by molar-refractivity contribution is 0.0872. The molecule has 2 N–H and O–H groups in total. The Morgan fingerprint density at radius 2 is 1.76 bits per heavy atom. The zero-order valence-corrected chi connectivity index (χ0v) is 12.9. The van der Waals surface area contributed by atoms with E-state index in [0.29, 0.717) is 5.41 Å². The fraction of sp³-hybridized carbons (Fsp3) is 1.00. The van der Waals surface area contributed by atoms with Gasteiger partial charge in [0.05, 0.1) is 0 Å². The predicted molar refractivity (Wildman–Crippen MR) is 78.7 cm³/mol. The van der Waals surface area contributed by atoms with Gasteiger partial charge in [-0.15, -0.1) is 0 Å². The summed E-state index contributed by atoms with van der Waals surface area (Å²) in [4.78, 5) is 4.72. The summed E-state index contributed by atoms with van der Waals surface area (Å²) >= 11 is 2.06. The van der Waals surface area contributed by atoms with Gasteiger partial charge >= 0.3 is 0 Å². The van der Waals surface area contributed by atoms with Gasteiger partial charge in [-0.3, -0.25) is 4.90 Å². The summed E-state index contributed by atoms with van der Waals surface area (Å²) in [5.74, 6) is 2.44. The molecule has 1 aliphatic heterocycles. The minimum absolute atomic E-state index is 0.197. The monoisotopic (exact) mass is 259 g/mol. The first kappa shape index (κ1) is 15.3. The van der Waals surface area contributed by atoms with Gasteiger partial charge < -0.3 is 10.6 Å². The maximum absolute atomic E-state index is 6.10. The van der Waals surface area contributed by atoms with Crippen LogP contribution in [0.2, 0.25) is 0 Å². The number of hydrogen-bond acceptors (Lipinski definition) is 4. The molecule has 1 fully saturated rings. The summed E-state index contributed by atoms with van der Waals surface area (Å²) in [6, 6.07) is 0. The van der Waals surface area contributed by atoms with Gasteiger partial charge in [0.1, 0.15) is 0 Å². The molecule has 0 saturated carbocycles. The van der Waals surface area contributed by atoms with E-state index in [0.717, 1.165) is 19.6 Å². The molecule has 1 rings (SSSR count). The lowest BCUT2D eigenvalue weighted by Crippen LogP contribution is -2.59. The second-order valence-corrected chi connectivity index (χ2v) is 7.47. The smallest absolute Gasteiger partial charge is 0.0424 e. The molecule has 0 amide bonds. The number of hydrogen-bond donors (Lipinski definition) is 1. The number of rotatable bonds is 5. The molecule has 1 aliphatic rings. The van der Waals surface area contributed by atoms with Crippen LogP contribution in [0.5, 0.6) is 0 Å². The summed E-state index contributed by atoms with van der Waals surface area (Å²) in [5, 5.41) is 0. The lowest BCUT2D eigenvalue weighted by atomic mass is 9.79. The van der Waals surface area contributed by atoms with Crippen molar-refractivity contribution < 1.29 is 0 Å². The first-order valence-corrected chi connectivity index (χ1v) is 7.61. The van der Waals surface area contributed by atoms with E-state index in [-0.39, 0.29) is 5.54 Å². The van der Waals surface area contributed by atoms with Gasteiger partial charge in [0, 0.05) is 30.9 Å². The molecular weight excluding hydrogens is 230 g/mol. The molecule has 3 nitrogen and oxygen atoms in total. The van der Waals surface area contributed by atoms with Crippen LogP contribution in [0.15, 0.2) is 0 Å². The third-order valence-corrected chi connectivity index (χ3v) is 5.47. The molecule has 0 spiro atoms. The van der Waals surface area contributed by atoms with Gasteiger partial charge in [-0.25, -0.2) is 0 Å². The molecule has 1 atom stereocenters. The van der Waals surface area contributed by atoms with E-state index >= 15 is 0 Å². The number of nitrogens with two attached hydrogens (primary N) is 1. The first-order valence-electron chi connectivity index (χ1n) is 6.45. The van der Waals surface area contributed by atoms with Crippen molar-refractivity contribution in [1.29, 1.82) is 0 Å². The molecule has 0 aromatic heterocycles. The number of likely N-dealkylation sites (N-methyl/N-ethyl adjacent to an activating group) is 2. The average molecular weight is 259 g/mol. The van der Waals surface area contributed by atoms with Crippen molar-refractivity contribution in [3.63, 3.8) is 0 Å². The third-order valence-electron chi connectivity index (χ3n) is 3.74. The van der Waals surface area contributed by atoms with Crippen LogP contribution in [0.3, 0.4) is 0 Å². The predicted octanol–water partition coefficient (Wildman–Crippen LogP) is 1.34. The van der Waals surface area contributed by atoms with Crippen molar-refractivity contribution in [3.05, 3.63) is 0 Å². The Balaban J connectivity index is 2.66. The van der Waals surface area contributed by atoms with Gasteiger partial charge in [-0.05, 0) is 38.7 Å². The van der Waals surface area contributed by atoms with E-state index in [1.807, 2.05) is 0 Å². The highest BCUT2D eigenvalue weighted by molar-refractivity contribution is 7.99. The zero-order chi connectivity index (χ0) is 13.1. The van der Waals surface area contributed by atoms with Crippen molar-refractivity contribution in [3.8, 4) is 0 Å². The fourth-order valence-electron chi connectivity index (χ4n) is 2.63. The second kappa shape index (κ2) is 5.91. The van der Waals surface area contributed by atoms with Crippen LogP contribution in [-0.4, -0.2) is 67.6 Å². The largest absolute Gasteiger partial charge is 0.329 e. The molecule has 0 bridgehead atoms. The first-order chi connectivity index (χ1) is 7.81. The van der Waals surface area contributed by atoms with Crippen LogP contribution >= 0.6 is 11.8 Å². The van der Waals surface area contributed by atoms with Crippen LogP contribution in [-0.2, 0) is 0 Å². The van der Waals surface area contributed by atoms with Crippen LogP contribution < -0.4 is 5.73 Å². The molecule has 1 heterocycles. The minimum Gasteiger partial charge on any atom is -0.329 e. The molecule has 4 heteroatoms. The van der Waals surface area contributed by atoms with Gasteiger partial charge in [0.25, 0.3) is 0 Å². The molecule has 0 aromatic rings. The van der Waals surface area contributed by atoms with E-state index in [1.165, 1.54) is 17.9 Å². The van der Waals surface area contributed by atoms with E-state index in [1.54, 1.807) is 0 Å². The van der Waals surface area contributed by atoms with Crippen LogP contribution in [0.25, 0.3) is 0 Å². The van der Waals surface area contributed by atoms with Crippen molar-refractivity contribution >= 4 is 11.8 Å². The molecule has 0 aromatic carbocycles. The topological polar surface area (TPSA) is 32.5 Å². The standard InChI is InChI=1S/C13H29N3S/c1-12(2)8-13(9-14,11-17-10-12)16(5)7-6-15(3)4/h6-11,14H2,1-5H3. The van der Waals surface area contributed by atoms with Crippen molar-refractivity contribution in [1.82, 2.24) is 9.80 Å². The Hall–Kier alpha value is 0.230. The Kier molecular flexibility index (Phi) is 5.32. The summed E-state index contributed by atoms with van der Waals surface area (Å²) < 4.78 is 0. The van der Waals surface area contributed by atoms with Crippen molar-refractivity contribution in [2.45, 2.75) is 25.8 Å². The highest BCUT2D eigenvalue weighted by Gasteiger charge is 2.42. The van der Waals surface area contributed by atoms with E-state index in [4.69, 9.17) is 5.73 Å². The highest BCUT2D eigenvalue weighted by atomic mass is 32.2. The lowest BCUT2D eigenvalue weighted by Gasteiger charge is -2.49. The minimum atomic E-state index is 0.197. The molecule has 1 saturated heterocycles. The Morgan fingerprint density at radius 1 is 1.12 bits per heavy atom. The summed E-state index contributed by atoms with van der Waals surface area (Å²) in [6.45, 7) is 7.70. The fourth-order valence-corrected chi connectivity index (χ4v) is 4.21. The molecule has 0 radical (unpaired) electrons. The Bertz CT molecular complexity index is 243. The SMILES string of the molecule is CN(C)CCN(C)C1(CN)CSCC(C)(C)C1. The number of thioether (sulfide) groups is 1. The summed E-state index contributed by atoms with van der Waals surface area (Å²) in [7, 11) is 6.49. The van der Waals surface area contributed by atoms with Crippen LogP contribution in [0.1, 0.15) is 20.3 Å². The molecule has 1 unspecified atom stereocenters. The normalized spacial score (nSPS) is 28.9. The zero-order valence-electron chi connectivity index (χ0n) is 12.1. The van der Waals surface area contributed by atoms with E-state index in [2.05, 4.69) is 56.6 Å². The molecule has 0 aliphatic carbocycles. The molecule has 17 heavy (non-hydrogen) atoms. The van der Waals surface area contributed by atoms with E-state index < -0.39 is 0 Å². The number of nitrogens with zero attached hydrogens (tertiary/aromatic N) is 2. The highest BCUT2D eigenvalue weighted by Crippen LogP contribution is 2.41. The molecular formula is C13H29N3S. The molecule has 102 valence electrons.